The van der Waals surface area contributed by atoms with Crippen molar-refractivity contribution in [2.45, 2.75) is 19.1 Å². The molecular formula is C11H18F3N5. The summed E-state index contributed by atoms with van der Waals surface area (Å²) in [6, 6.07) is 0. The van der Waals surface area contributed by atoms with Crippen LogP contribution in [0.15, 0.2) is 17.4 Å². The van der Waals surface area contributed by atoms with Crippen LogP contribution in [0, 0.1) is 0 Å². The molecule has 1 heterocycles. The van der Waals surface area contributed by atoms with Crippen molar-refractivity contribution in [2.75, 3.05) is 20.6 Å². The van der Waals surface area contributed by atoms with Crippen molar-refractivity contribution in [3.05, 3.63) is 18.0 Å². The first-order valence-electron chi connectivity index (χ1n) is 5.78. The Morgan fingerprint density at radius 3 is 2.68 bits per heavy atom. The van der Waals surface area contributed by atoms with Gasteiger partial charge in [0.2, 0.25) is 0 Å². The summed E-state index contributed by atoms with van der Waals surface area (Å²) in [5.74, 6) is 0.424. The summed E-state index contributed by atoms with van der Waals surface area (Å²) in [5.41, 5.74) is 0.962. The van der Waals surface area contributed by atoms with Crippen molar-refractivity contribution in [1.82, 2.24) is 20.0 Å². The molecule has 0 saturated heterocycles. The van der Waals surface area contributed by atoms with Gasteiger partial charge < -0.3 is 10.2 Å². The number of nitrogens with zero attached hydrogens (tertiary/aromatic N) is 4. The minimum Gasteiger partial charge on any atom is -0.356 e. The predicted octanol–water partition coefficient (Wildman–Crippen LogP) is 1.38. The van der Waals surface area contributed by atoms with E-state index in [1.165, 1.54) is 7.05 Å². The standard InChI is InChI=1S/C11H18F3N5/c1-15-10(16-5-4-11(12,13)14)18(2)7-9-6-17-19(3)8-9/h6,8H,4-5,7H2,1-3H3,(H,15,16). The number of halogens is 3. The molecule has 0 bridgehead atoms. The number of alkyl halides is 3. The Morgan fingerprint density at radius 2 is 2.21 bits per heavy atom. The Bertz CT molecular complexity index is 424. The lowest BCUT2D eigenvalue weighted by Crippen LogP contribution is -2.39. The van der Waals surface area contributed by atoms with Gasteiger partial charge in [-0.05, 0) is 0 Å². The summed E-state index contributed by atoms with van der Waals surface area (Å²) < 4.78 is 37.8. The Hall–Kier alpha value is -1.73. The predicted molar refractivity (Wildman–Crippen MR) is 66.7 cm³/mol. The molecule has 0 aliphatic heterocycles. The lowest BCUT2D eigenvalue weighted by Gasteiger charge is -2.21. The third-order valence-corrected chi connectivity index (χ3v) is 2.44. The summed E-state index contributed by atoms with van der Waals surface area (Å²) in [6.45, 7) is 0.340. The number of aryl methyl sites for hydroxylation is 1. The molecule has 1 aromatic rings. The Kier molecular flexibility index (Phi) is 5.20. The zero-order valence-electron chi connectivity index (χ0n) is 11.2. The van der Waals surface area contributed by atoms with Crippen LogP contribution in [0.2, 0.25) is 0 Å². The number of nitrogens with one attached hydrogen (secondary N) is 1. The van der Waals surface area contributed by atoms with Crippen molar-refractivity contribution >= 4 is 5.96 Å². The second kappa shape index (κ2) is 6.44. The van der Waals surface area contributed by atoms with Gasteiger partial charge in [-0.1, -0.05) is 0 Å². The lowest BCUT2D eigenvalue weighted by atomic mass is 10.3. The molecule has 1 rings (SSSR count). The van der Waals surface area contributed by atoms with Crippen LogP contribution in [0.1, 0.15) is 12.0 Å². The average Bonchev–Trinajstić information content (AvgIpc) is 2.68. The molecule has 108 valence electrons. The molecule has 0 unspecified atom stereocenters. The van der Waals surface area contributed by atoms with E-state index in [0.717, 1.165) is 5.56 Å². The summed E-state index contributed by atoms with van der Waals surface area (Å²) in [7, 11) is 5.10. The van der Waals surface area contributed by atoms with Gasteiger partial charge in [-0.25, -0.2) is 0 Å². The Morgan fingerprint density at radius 1 is 1.53 bits per heavy atom. The normalized spacial score (nSPS) is 12.6. The molecule has 1 aromatic heterocycles. The monoisotopic (exact) mass is 277 g/mol. The summed E-state index contributed by atoms with van der Waals surface area (Å²) in [4.78, 5) is 5.69. The molecule has 19 heavy (non-hydrogen) atoms. The van der Waals surface area contributed by atoms with E-state index in [4.69, 9.17) is 0 Å². The third kappa shape index (κ3) is 5.62. The Labute approximate surface area is 110 Å². The fourth-order valence-electron chi connectivity index (χ4n) is 1.60. The van der Waals surface area contributed by atoms with Crippen LogP contribution in [-0.2, 0) is 13.6 Å². The molecule has 0 fully saturated rings. The van der Waals surface area contributed by atoms with Gasteiger partial charge in [0.1, 0.15) is 0 Å². The largest absolute Gasteiger partial charge is 0.390 e. The van der Waals surface area contributed by atoms with Crippen LogP contribution in [-0.4, -0.2) is 47.5 Å². The van der Waals surface area contributed by atoms with E-state index in [0.29, 0.717) is 12.5 Å². The van der Waals surface area contributed by atoms with Gasteiger partial charge in [0.05, 0.1) is 12.6 Å². The molecule has 0 amide bonds. The van der Waals surface area contributed by atoms with Crippen LogP contribution in [0.25, 0.3) is 0 Å². The minimum atomic E-state index is -4.16. The first-order valence-corrected chi connectivity index (χ1v) is 5.78. The molecule has 0 aliphatic rings. The topological polar surface area (TPSA) is 45.5 Å². The number of hydrogen-bond acceptors (Lipinski definition) is 2. The second-order valence-electron chi connectivity index (χ2n) is 4.22. The van der Waals surface area contributed by atoms with E-state index in [-0.39, 0.29) is 6.54 Å². The molecule has 5 nitrogen and oxygen atoms in total. The van der Waals surface area contributed by atoms with Crippen LogP contribution >= 0.6 is 0 Å². The number of aliphatic imine (C=N–C) groups is 1. The fourth-order valence-corrected chi connectivity index (χ4v) is 1.60. The molecule has 0 spiro atoms. The fraction of sp³-hybridized carbons (Fsp3) is 0.636. The molecule has 0 aromatic carbocycles. The third-order valence-electron chi connectivity index (χ3n) is 2.44. The van der Waals surface area contributed by atoms with Crippen LogP contribution in [0.3, 0.4) is 0 Å². The highest BCUT2D eigenvalue weighted by Crippen LogP contribution is 2.18. The smallest absolute Gasteiger partial charge is 0.356 e. The van der Waals surface area contributed by atoms with Gasteiger partial charge in [-0.15, -0.1) is 0 Å². The first kappa shape index (κ1) is 15.3. The Balaban J connectivity index is 2.46. The maximum absolute atomic E-state index is 12.1. The average molecular weight is 277 g/mol. The van der Waals surface area contributed by atoms with Crippen molar-refractivity contribution in [3.63, 3.8) is 0 Å². The zero-order valence-corrected chi connectivity index (χ0v) is 11.2. The van der Waals surface area contributed by atoms with Gasteiger partial charge in [0.15, 0.2) is 5.96 Å². The lowest BCUT2D eigenvalue weighted by molar-refractivity contribution is -0.132. The van der Waals surface area contributed by atoms with E-state index in [1.807, 2.05) is 6.20 Å². The second-order valence-corrected chi connectivity index (χ2v) is 4.22. The SMILES string of the molecule is CN=C(NCCC(F)(F)F)N(C)Cc1cnn(C)c1. The van der Waals surface area contributed by atoms with E-state index >= 15 is 0 Å². The molecule has 0 saturated carbocycles. The molecule has 1 N–H and O–H groups in total. The number of rotatable bonds is 4. The summed E-state index contributed by atoms with van der Waals surface area (Å²) in [5, 5.41) is 6.71. The molecule has 0 atom stereocenters. The maximum atomic E-state index is 12.1. The highest BCUT2D eigenvalue weighted by atomic mass is 19.4. The maximum Gasteiger partial charge on any atom is 0.390 e. The summed E-state index contributed by atoms with van der Waals surface area (Å²) in [6.07, 6.45) is -1.49. The molecular weight excluding hydrogens is 259 g/mol. The van der Waals surface area contributed by atoms with Crippen LogP contribution < -0.4 is 5.32 Å². The highest BCUT2D eigenvalue weighted by Gasteiger charge is 2.26. The van der Waals surface area contributed by atoms with Crippen LogP contribution in [0.5, 0.6) is 0 Å². The molecule has 0 radical (unpaired) electrons. The number of hydrogen-bond donors (Lipinski definition) is 1. The van der Waals surface area contributed by atoms with Crippen LogP contribution in [0.4, 0.5) is 13.2 Å². The van der Waals surface area contributed by atoms with Crippen molar-refractivity contribution < 1.29 is 13.2 Å². The molecule has 0 aliphatic carbocycles. The first-order chi connectivity index (χ1) is 8.81. The number of guanidine groups is 1. The quantitative estimate of drug-likeness (QED) is 0.668. The molecule has 8 heteroatoms. The van der Waals surface area contributed by atoms with Gasteiger partial charge in [-0.3, -0.25) is 9.67 Å². The zero-order chi connectivity index (χ0) is 14.5. The van der Waals surface area contributed by atoms with Gasteiger partial charge in [0.25, 0.3) is 0 Å². The van der Waals surface area contributed by atoms with E-state index in [2.05, 4.69) is 15.4 Å². The summed E-state index contributed by atoms with van der Waals surface area (Å²) >= 11 is 0. The van der Waals surface area contributed by atoms with Crippen molar-refractivity contribution in [1.29, 1.82) is 0 Å². The highest BCUT2D eigenvalue weighted by molar-refractivity contribution is 5.79. The van der Waals surface area contributed by atoms with Crippen molar-refractivity contribution in [3.8, 4) is 0 Å². The van der Waals surface area contributed by atoms with E-state index < -0.39 is 12.6 Å². The van der Waals surface area contributed by atoms with Gasteiger partial charge in [-0.2, -0.15) is 18.3 Å². The van der Waals surface area contributed by atoms with Crippen molar-refractivity contribution in [2.24, 2.45) is 12.0 Å². The van der Waals surface area contributed by atoms with Gasteiger partial charge >= 0.3 is 6.18 Å². The number of aromatic nitrogens is 2. The van der Waals surface area contributed by atoms with E-state index in [9.17, 15) is 13.2 Å². The van der Waals surface area contributed by atoms with Gasteiger partial charge in [0, 0.05) is 46.0 Å². The minimum absolute atomic E-state index is 0.187. The van der Waals surface area contributed by atoms with E-state index in [1.54, 1.807) is 29.9 Å².